The molecule has 0 aliphatic heterocycles. The Morgan fingerprint density at radius 1 is 1.19 bits per heavy atom. The van der Waals surface area contributed by atoms with Gasteiger partial charge in [0.1, 0.15) is 6.04 Å². The van der Waals surface area contributed by atoms with E-state index < -0.39 is 12.0 Å². The van der Waals surface area contributed by atoms with Crippen molar-refractivity contribution >= 4 is 34.7 Å². The minimum atomic E-state index is -1.01. The van der Waals surface area contributed by atoms with E-state index in [9.17, 15) is 14.7 Å². The lowest BCUT2D eigenvalue weighted by molar-refractivity contribution is -0.139. The number of carbonyl (C=O) groups is 2. The molecule has 0 bridgehead atoms. The van der Waals surface area contributed by atoms with Crippen LogP contribution in [0.25, 0.3) is 11.0 Å². The number of aromatic amines is 1. The van der Waals surface area contributed by atoms with Crippen LogP contribution >= 0.6 is 11.8 Å². The van der Waals surface area contributed by atoms with Gasteiger partial charge in [0.15, 0.2) is 5.16 Å². The Hall–Kier alpha value is -2.80. The van der Waals surface area contributed by atoms with E-state index in [-0.39, 0.29) is 5.91 Å². The highest BCUT2D eigenvalue weighted by Gasteiger charge is 2.21. The van der Waals surface area contributed by atoms with Crippen LogP contribution in [0.15, 0.2) is 53.7 Å². The molecule has 2 aromatic carbocycles. The summed E-state index contributed by atoms with van der Waals surface area (Å²) < 4.78 is 0. The maximum Gasteiger partial charge on any atom is 0.326 e. The third-order valence-electron chi connectivity index (χ3n) is 4.17. The molecule has 0 saturated heterocycles. The molecule has 0 saturated carbocycles. The summed E-state index contributed by atoms with van der Waals surface area (Å²) in [5.41, 5.74) is 3.19. The lowest BCUT2D eigenvalue weighted by atomic mass is 10.1. The minimum Gasteiger partial charge on any atom is -0.480 e. The third-order valence-corrected chi connectivity index (χ3v) is 5.10. The third kappa shape index (κ3) is 4.68. The molecule has 1 aromatic heterocycles. The number of para-hydroxylation sites is 2. The largest absolute Gasteiger partial charge is 0.480 e. The predicted octanol–water partition coefficient (Wildman–Crippen LogP) is 3.84. The number of fused-ring (bicyclic) bond motifs is 1. The fourth-order valence-corrected chi connectivity index (χ4v) is 3.68. The SMILES string of the molecule is CCCC(NC(=O)c1ccccc1CSc1nc2ccccc2[nH]1)C(=O)O. The van der Waals surface area contributed by atoms with Crippen molar-refractivity contribution in [3.8, 4) is 0 Å². The van der Waals surface area contributed by atoms with Gasteiger partial charge in [-0.25, -0.2) is 9.78 Å². The summed E-state index contributed by atoms with van der Waals surface area (Å²) in [6, 6.07) is 14.2. The van der Waals surface area contributed by atoms with Crippen LogP contribution in [0.4, 0.5) is 0 Å². The zero-order valence-electron chi connectivity index (χ0n) is 14.9. The Morgan fingerprint density at radius 3 is 2.67 bits per heavy atom. The molecule has 1 unspecified atom stereocenters. The van der Waals surface area contributed by atoms with E-state index in [0.717, 1.165) is 21.8 Å². The van der Waals surface area contributed by atoms with Crippen molar-refractivity contribution in [2.24, 2.45) is 0 Å². The van der Waals surface area contributed by atoms with Crippen LogP contribution in [-0.2, 0) is 10.5 Å². The summed E-state index contributed by atoms with van der Waals surface area (Å²) in [6.45, 7) is 1.89. The maximum atomic E-state index is 12.6. The molecule has 1 amide bonds. The summed E-state index contributed by atoms with van der Waals surface area (Å²) in [4.78, 5) is 31.7. The predicted molar refractivity (Wildman–Crippen MR) is 106 cm³/mol. The number of carboxylic acid groups (broad SMARTS) is 1. The minimum absolute atomic E-state index is 0.364. The van der Waals surface area contributed by atoms with Gasteiger partial charge in [-0.1, -0.05) is 55.4 Å². The van der Waals surface area contributed by atoms with Gasteiger partial charge in [-0.15, -0.1) is 0 Å². The van der Waals surface area contributed by atoms with E-state index in [1.54, 1.807) is 12.1 Å². The van der Waals surface area contributed by atoms with Gasteiger partial charge >= 0.3 is 5.97 Å². The summed E-state index contributed by atoms with van der Waals surface area (Å²) in [5, 5.41) is 12.7. The zero-order valence-corrected chi connectivity index (χ0v) is 15.8. The van der Waals surface area contributed by atoms with E-state index in [2.05, 4.69) is 15.3 Å². The number of hydrogen-bond acceptors (Lipinski definition) is 4. The van der Waals surface area contributed by atoms with Gasteiger partial charge in [-0.2, -0.15) is 0 Å². The van der Waals surface area contributed by atoms with Crippen LogP contribution in [0, 0.1) is 0 Å². The zero-order chi connectivity index (χ0) is 19.2. The highest BCUT2D eigenvalue weighted by atomic mass is 32.2. The monoisotopic (exact) mass is 383 g/mol. The topological polar surface area (TPSA) is 95.1 Å². The number of amides is 1. The first-order chi connectivity index (χ1) is 13.1. The van der Waals surface area contributed by atoms with E-state index in [4.69, 9.17) is 0 Å². The van der Waals surface area contributed by atoms with Crippen LogP contribution in [0.3, 0.4) is 0 Å². The van der Waals surface area contributed by atoms with Crippen molar-refractivity contribution in [3.63, 3.8) is 0 Å². The molecule has 3 rings (SSSR count). The van der Waals surface area contributed by atoms with Crippen LogP contribution in [0.5, 0.6) is 0 Å². The Morgan fingerprint density at radius 2 is 1.93 bits per heavy atom. The second-order valence-corrected chi connectivity index (χ2v) is 7.12. The number of carbonyl (C=O) groups excluding carboxylic acids is 1. The standard InChI is InChI=1S/C20H21N3O3S/c1-2-7-17(19(25)26)21-18(24)14-9-4-3-8-13(14)12-27-20-22-15-10-5-6-11-16(15)23-20/h3-6,8-11,17H,2,7,12H2,1H3,(H,21,24)(H,22,23)(H,25,26). The molecule has 140 valence electrons. The number of aromatic nitrogens is 2. The smallest absolute Gasteiger partial charge is 0.326 e. The van der Waals surface area contributed by atoms with Crippen LogP contribution in [0.1, 0.15) is 35.7 Å². The molecule has 0 fully saturated rings. The van der Waals surface area contributed by atoms with Gasteiger partial charge in [-0.05, 0) is 30.2 Å². The van der Waals surface area contributed by atoms with Crippen molar-refractivity contribution in [1.82, 2.24) is 15.3 Å². The van der Waals surface area contributed by atoms with Gasteiger partial charge in [0.25, 0.3) is 5.91 Å². The van der Waals surface area contributed by atoms with Gasteiger partial charge in [0, 0.05) is 11.3 Å². The Bertz CT molecular complexity index is 921. The van der Waals surface area contributed by atoms with Crippen molar-refractivity contribution in [2.45, 2.75) is 36.7 Å². The highest BCUT2D eigenvalue weighted by Crippen LogP contribution is 2.24. The number of rotatable bonds is 8. The molecule has 3 aromatic rings. The molecule has 1 heterocycles. The average molecular weight is 383 g/mol. The Labute approximate surface area is 161 Å². The number of thioether (sulfide) groups is 1. The van der Waals surface area contributed by atoms with Crippen molar-refractivity contribution < 1.29 is 14.7 Å². The van der Waals surface area contributed by atoms with Crippen LogP contribution < -0.4 is 5.32 Å². The number of benzene rings is 2. The second kappa shape index (κ2) is 8.73. The normalized spacial score (nSPS) is 12.0. The molecule has 0 aliphatic rings. The van der Waals surface area contributed by atoms with E-state index in [1.165, 1.54) is 11.8 Å². The average Bonchev–Trinajstić information content (AvgIpc) is 3.09. The first-order valence-electron chi connectivity index (χ1n) is 8.77. The quantitative estimate of drug-likeness (QED) is 0.514. The van der Waals surface area contributed by atoms with Crippen molar-refractivity contribution in [3.05, 3.63) is 59.7 Å². The number of carboxylic acids is 1. The Kier molecular flexibility index (Phi) is 6.13. The molecule has 6 nitrogen and oxygen atoms in total. The number of aliphatic carboxylic acids is 1. The molecule has 0 radical (unpaired) electrons. The number of H-pyrrole nitrogens is 1. The van der Waals surface area contributed by atoms with Crippen LogP contribution in [-0.4, -0.2) is 33.0 Å². The lowest BCUT2D eigenvalue weighted by Crippen LogP contribution is -2.40. The summed E-state index contributed by atoms with van der Waals surface area (Å²) in [6.07, 6.45) is 1.08. The van der Waals surface area contributed by atoms with E-state index in [0.29, 0.717) is 24.2 Å². The van der Waals surface area contributed by atoms with Crippen molar-refractivity contribution in [1.29, 1.82) is 0 Å². The van der Waals surface area contributed by atoms with Gasteiger partial charge in [-0.3, -0.25) is 4.79 Å². The number of nitrogens with zero attached hydrogens (tertiary/aromatic N) is 1. The number of nitrogens with one attached hydrogen (secondary N) is 2. The lowest BCUT2D eigenvalue weighted by Gasteiger charge is -2.15. The highest BCUT2D eigenvalue weighted by molar-refractivity contribution is 7.98. The number of hydrogen-bond donors (Lipinski definition) is 3. The molecular weight excluding hydrogens is 362 g/mol. The summed E-state index contributed by atoms with van der Waals surface area (Å²) in [5.74, 6) is -0.828. The van der Waals surface area contributed by atoms with Gasteiger partial charge in [0.05, 0.1) is 11.0 Å². The molecule has 1 atom stereocenters. The summed E-state index contributed by atoms with van der Waals surface area (Å²) >= 11 is 1.50. The molecular formula is C20H21N3O3S. The van der Waals surface area contributed by atoms with E-state index >= 15 is 0 Å². The summed E-state index contributed by atoms with van der Waals surface area (Å²) in [7, 11) is 0. The number of imidazole rings is 1. The Balaban J connectivity index is 1.73. The molecule has 7 heteroatoms. The second-order valence-electron chi connectivity index (χ2n) is 6.16. The van der Waals surface area contributed by atoms with Gasteiger partial charge in [0.2, 0.25) is 0 Å². The molecule has 0 aliphatic carbocycles. The van der Waals surface area contributed by atoms with Crippen molar-refractivity contribution in [2.75, 3.05) is 0 Å². The fraction of sp³-hybridized carbons (Fsp3) is 0.250. The molecule has 27 heavy (non-hydrogen) atoms. The maximum absolute atomic E-state index is 12.6. The van der Waals surface area contributed by atoms with Gasteiger partial charge < -0.3 is 15.4 Å². The fourth-order valence-electron chi connectivity index (χ4n) is 2.79. The first-order valence-corrected chi connectivity index (χ1v) is 9.76. The molecule has 0 spiro atoms. The van der Waals surface area contributed by atoms with E-state index in [1.807, 2.05) is 43.3 Å². The molecule has 3 N–H and O–H groups in total. The van der Waals surface area contributed by atoms with Crippen LogP contribution in [0.2, 0.25) is 0 Å². The first kappa shape index (κ1) is 19.0.